The Labute approximate surface area is 126 Å². The molecule has 0 saturated carbocycles. The fourth-order valence-corrected chi connectivity index (χ4v) is 3.70. The van der Waals surface area contributed by atoms with E-state index in [9.17, 15) is 9.59 Å². The van der Waals surface area contributed by atoms with Gasteiger partial charge in [0, 0.05) is 17.2 Å². The zero-order valence-corrected chi connectivity index (χ0v) is 12.9. The largest absolute Gasteiger partial charge is 0.396 e. The lowest BCUT2D eigenvalue weighted by Crippen LogP contribution is -2.32. The van der Waals surface area contributed by atoms with Crippen molar-refractivity contribution in [3.8, 4) is 0 Å². The molecule has 1 aromatic heterocycles. The number of nitrogens with zero attached hydrogens (tertiary/aromatic N) is 1. The highest BCUT2D eigenvalue weighted by atomic mass is 32.2. The monoisotopic (exact) mass is 311 g/mol. The number of carbonyl (C=O) groups excluding carboxylic acids is 2. The fraction of sp³-hybridized carbons (Fsp3) is 0.429. The van der Waals surface area contributed by atoms with E-state index in [-0.39, 0.29) is 18.4 Å². The molecule has 108 valence electrons. The van der Waals surface area contributed by atoms with Crippen molar-refractivity contribution < 1.29 is 14.7 Å². The van der Waals surface area contributed by atoms with E-state index in [1.165, 1.54) is 28.0 Å². The van der Waals surface area contributed by atoms with Crippen LogP contribution in [0, 0.1) is 0 Å². The van der Waals surface area contributed by atoms with E-state index in [2.05, 4.69) is 0 Å². The minimum atomic E-state index is -0.217. The molecule has 6 heteroatoms. The highest BCUT2D eigenvalue weighted by molar-refractivity contribution is 8.04. The first-order chi connectivity index (χ1) is 9.70. The number of thioether (sulfide) groups is 1. The summed E-state index contributed by atoms with van der Waals surface area (Å²) in [7, 11) is 0. The van der Waals surface area contributed by atoms with Crippen molar-refractivity contribution in [2.75, 3.05) is 18.9 Å². The molecule has 2 rings (SSSR count). The fourth-order valence-electron chi connectivity index (χ4n) is 1.99. The molecule has 20 heavy (non-hydrogen) atoms. The highest BCUT2D eigenvalue weighted by Gasteiger charge is 2.38. The first-order valence-corrected chi connectivity index (χ1v) is 8.45. The van der Waals surface area contributed by atoms with E-state index in [1.807, 2.05) is 24.4 Å². The summed E-state index contributed by atoms with van der Waals surface area (Å²) in [6, 6.07) is 3.72. The molecular formula is C14H17NO3S2. The van der Waals surface area contributed by atoms with Gasteiger partial charge in [0.05, 0.1) is 17.1 Å². The Morgan fingerprint density at radius 3 is 2.75 bits per heavy atom. The van der Waals surface area contributed by atoms with Gasteiger partial charge >= 0.3 is 0 Å². The molecule has 2 amide bonds. The normalized spacial score (nSPS) is 15.6. The number of imide groups is 1. The van der Waals surface area contributed by atoms with Crippen LogP contribution < -0.4 is 0 Å². The number of thiophene rings is 1. The van der Waals surface area contributed by atoms with Crippen molar-refractivity contribution in [3.05, 3.63) is 27.3 Å². The first kappa shape index (κ1) is 15.3. The third-order valence-electron chi connectivity index (χ3n) is 2.97. The molecule has 0 radical (unpaired) electrons. The summed E-state index contributed by atoms with van der Waals surface area (Å²) in [5, 5.41) is 10.8. The zero-order valence-electron chi connectivity index (χ0n) is 11.3. The molecule has 4 nitrogen and oxygen atoms in total. The smallest absolute Gasteiger partial charge is 0.268 e. The van der Waals surface area contributed by atoms with Gasteiger partial charge in [-0.25, -0.2) is 0 Å². The number of amides is 2. The van der Waals surface area contributed by atoms with E-state index in [0.29, 0.717) is 22.8 Å². The maximum Gasteiger partial charge on any atom is 0.268 e. The molecule has 0 saturated heterocycles. The Morgan fingerprint density at radius 2 is 2.15 bits per heavy atom. The first-order valence-electron chi connectivity index (χ1n) is 6.58. The molecule has 0 spiro atoms. The van der Waals surface area contributed by atoms with E-state index in [0.717, 1.165) is 17.7 Å². The van der Waals surface area contributed by atoms with Crippen LogP contribution in [0.3, 0.4) is 0 Å². The lowest BCUT2D eigenvalue weighted by atomic mass is 10.2. The molecular weight excluding hydrogens is 294 g/mol. The van der Waals surface area contributed by atoms with Gasteiger partial charge in [-0.1, -0.05) is 19.4 Å². The topological polar surface area (TPSA) is 57.6 Å². The van der Waals surface area contributed by atoms with Crippen LogP contribution in [0.2, 0.25) is 0 Å². The number of hydrogen-bond acceptors (Lipinski definition) is 5. The number of aliphatic hydroxyl groups is 1. The predicted molar refractivity (Wildman–Crippen MR) is 82.4 cm³/mol. The van der Waals surface area contributed by atoms with Crippen molar-refractivity contribution in [2.45, 2.75) is 19.8 Å². The molecule has 1 aromatic rings. The van der Waals surface area contributed by atoms with Crippen molar-refractivity contribution >= 4 is 40.5 Å². The van der Waals surface area contributed by atoms with Gasteiger partial charge in [-0.3, -0.25) is 14.5 Å². The lowest BCUT2D eigenvalue weighted by Gasteiger charge is -2.13. The van der Waals surface area contributed by atoms with Gasteiger partial charge in [0.2, 0.25) is 0 Å². The van der Waals surface area contributed by atoms with Crippen LogP contribution in [0.4, 0.5) is 0 Å². The van der Waals surface area contributed by atoms with E-state index in [4.69, 9.17) is 5.11 Å². The second-order valence-electron chi connectivity index (χ2n) is 4.37. The molecule has 0 aromatic carbocycles. The van der Waals surface area contributed by atoms with Gasteiger partial charge in [0.25, 0.3) is 11.8 Å². The molecule has 1 aliphatic rings. The van der Waals surface area contributed by atoms with Crippen LogP contribution in [0.1, 0.15) is 24.6 Å². The molecule has 1 aliphatic heterocycles. The van der Waals surface area contributed by atoms with Gasteiger partial charge in [0.15, 0.2) is 0 Å². The average Bonchev–Trinajstić information content (AvgIpc) is 3.03. The van der Waals surface area contributed by atoms with Crippen molar-refractivity contribution in [1.82, 2.24) is 4.90 Å². The molecule has 0 fully saturated rings. The highest BCUT2D eigenvalue weighted by Crippen LogP contribution is 2.37. The number of unbranched alkanes of at least 4 members (excludes halogenated alkanes) is 1. The summed E-state index contributed by atoms with van der Waals surface area (Å²) < 4.78 is 0. The van der Waals surface area contributed by atoms with E-state index >= 15 is 0 Å². The second-order valence-corrected chi connectivity index (χ2v) is 6.42. The molecule has 1 N–H and O–H groups in total. The summed E-state index contributed by atoms with van der Waals surface area (Å²) >= 11 is 2.72. The van der Waals surface area contributed by atoms with Gasteiger partial charge in [-0.2, -0.15) is 0 Å². The maximum atomic E-state index is 12.5. The minimum Gasteiger partial charge on any atom is -0.396 e. The second kappa shape index (κ2) is 7.06. The van der Waals surface area contributed by atoms with Crippen LogP contribution in [-0.2, 0) is 9.59 Å². The van der Waals surface area contributed by atoms with Crippen molar-refractivity contribution in [2.24, 2.45) is 0 Å². The Hall–Kier alpha value is -1.11. The molecule has 0 bridgehead atoms. The average molecular weight is 311 g/mol. The number of hydrogen-bond donors (Lipinski definition) is 1. The quantitative estimate of drug-likeness (QED) is 0.785. The Balaban J connectivity index is 2.31. The van der Waals surface area contributed by atoms with Crippen LogP contribution >= 0.6 is 23.1 Å². The Bertz CT molecular complexity index is 523. The zero-order chi connectivity index (χ0) is 14.5. The SMILES string of the molecule is CCCCN1C(=O)C(SCCO)=C(c2cccs2)C1=O. The summed E-state index contributed by atoms with van der Waals surface area (Å²) in [5.74, 6) is 0.00170. The van der Waals surface area contributed by atoms with Crippen LogP contribution in [-0.4, -0.2) is 40.7 Å². The van der Waals surface area contributed by atoms with E-state index in [1.54, 1.807) is 0 Å². The Morgan fingerprint density at radius 1 is 1.35 bits per heavy atom. The summed E-state index contributed by atoms with van der Waals surface area (Å²) in [5.41, 5.74) is 0.500. The molecule has 0 unspecified atom stereocenters. The maximum absolute atomic E-state index is 12.5. The predicted octanol–water partition coefficient (Wildman–Crippen LogP) is 2.35. The number of carbonyl (C=O) groups is 2. The van der Waals surface area contributed by atoms with E-state index < -0.39 is 0 Å². The molecule has 0 atom stereocenters. The standard InChI is InChI=1S/C14H17NO3S2/c1-2-3-6-15-13(17)11(10-5-4-8-19-10)12(14(15)18)20-9-7-16/h4-5,8,16H,2-3,6-7,9H2,1H3. The lowest BCUT2D eigenvalue weighted by molar-refractivity contribution is -0.136. The summed E-state index contributed by atoms with van der Waals surface area (Å²) in [6.45, 7) is 2.48. The molecule has 2 heterocycles. The summed E-state index contributed by atoms with van der Waals surface area (Å²) in [4.78, 5) is 27.5. The van der Waals surface area contributed by atoms with Crippen LogP contribution in [0.5, 0.6) is 0 Å². The third kappa shape index (κ3) is 2.97. The van der Waals surface area contributed by atoms with Gasteiger partial charge in [-0.05, 0) is 17.9 Å². The molecule has 0 aliphatic carbocycles. The van der Waals surface area contributed by atoms with Gasteiger partial charge in [0.1, 0.15) is 0 Å². The van der Waals surface area contributed by atoms with Crippen LogP contribution in [0.15, 0.2) is 22.4 Å². The van der Waals surface area contributed by atoms with Gasteiger partial charge < -0.3 is 5.11 Å². The van der Waals surface area contributed by atoms with Crippen LogP contribution in [0.25, 0.3) is 5.57 Å². The third-order valence-corrected chi connectivity index (χ3v) is 4.91. The minimum absolute atomic E-state index is 0.0116. The van der Waals surface area contributed by atoms with Crippen molar-refractivity contribution in [1.29, 1.82) is 0 Å². The number of rotatable bonds is 7. The van der Waals surface area contributed by atoms with Crippen molar-refractivity contribution in [3.63, 3.8) is 0 Å². The van der Waals surface area contributed by atoms with Gasteiger partial charge in [-0.15, -0.1) is 23.1 Å². The summed E-state index contributed by atoms with van der Waals surface area (Å²) in [6.07, 6.45) is 1.75. The number of aliphatic hydroxyl groups excluding tert-OH is 1. The Kier molecular flexibility index (Phi) is 5.39.